The Labute approximate surface area is 158 Å². The second kappa shape index (κ2) is 6.34. The highest BCUT2D eigenvalue weighted by atomic mass is 16.5. The number of fused-ring (bicyclic) bond motifs is 2. The fraction of sp³-hybridized carbons (Fsp3) is 0.864. The minimum atomic E-state index is -1.10. The van der Waals surface area contributed by atoms with E-state index in [9.17, 15) is 15.0 Å². The summed E-state index contributed by atoms with van der Waals surface area (Å²) in [4.78, 5) is 11.9. The molecule has 6 atom stereocenters. The Morgan fingerprint density at radius 2 is 1.81 bits per heavy atom. The van der Waals surface area contributed by atoms with E-state index in [0.29, 0.717) is 24.7 Å². The molecule has 0 bridgehead atoms. The third kappa shape index (κ3) is 2.93. The lowest BCUT2D eigenvalue weighted by Crippen LogP contribution is -2.48. The monoisotopic (exact) mass is 364 g/mol. The van der Waals surface area contributed by atoms with Gasteiger partial charge in [-0.1, -0.05) is 38.8 Å². The van der Waals surface area contributed by atoms with Crippen molar-refractivity contribution in [2.45, 2.75) is 97.9 Å². The van der Waals surface area contributed by atoms with Crippen LogP contribution in [0.4, 0.5) is 0 Å². The molecule has 0 aromatic rings. The topological polar surface area (TPSA) is 66.8 Å². The molecular formula is C22H36O4. The lowest BCUT2D eigenvalue weighted by Gasteiger charge is -2.51. The van der Waals surface area contributed by atoms with Gasteiger partial charge in [0.25, 0.3) is 0 Å². The third-order valence-corrected chi connectivity index (χ3v) is 7.97. The third-order valence-electron chi connectivity index (χ3n) is 7.97. The van der Waals surface area contributed by atoms with Gasteiger partial charge in [-0.2, -0.15) is 0 Å². The summed E-state index contributed by atoms with van der Waals surface area (Å²) in [5, 5.41) is 21.4. The van der Waals surface area contributed by atoms with Gasteiger partial charge < -0.3 is 14.9 Å². The van der Waals surface area contributed by atoms with Gasteiger partial charge in [-0.15, -0.1) is 0 Å². The first-order valence-corrected chi connectivity index (χ1v) is 10.2. The Bertz CT molecular complexity index is 620. The maximum atomic E-state index is 11.9. The molecule has 4 heteroatoms. The fourth-order valence-electron chi connectivity index (χ4n) is 6.25. The molecule has 148 valence electrons. The van der Waals surface area contributed by atoms with Crippen LogP contribution in [0.3, 0.4) is 0 Å². The second-order valence-corrected chi connectivity index (χ2v) is 10.1. The minimum Gasteiger partial charge on any atom is -0.462 e. The number of carbonyl (C=O) groups excluding carboxylic acids is 1. The Morgan fingerprint density at radius 3 is 2.38 bits per heavy atom. The number of rotatable bonds is 2. The summed E-state index contributed by atoms with van der Waals surface area (Å²) < 4.78 is 5.89. The van der Waals surface area contributed by atoms with Gasteiger partial charge in [0, 0.05) is 12.3 Å². The predicted molar refractivity (Wildman–Crippen MR) is 101 cm³/mol. The number of carbonyl (C=O) groups is 1. The van der Waals surface area contributed by atoms with E-state index in [1.54, 1.807) is 6.92 Å². The molecule has 0 radical (unpaired) electrons. The van der Waals surface area contributed by atoms with Gasteiger partial charge in [0.05, 0.1) is 11.7 Å². The molecule has 0 unspecified atom stereocenters. The molecular weight excluding hydrogens is 328 g/mol. The van der Waals surface area contributed by atoms with Crippen molar-refractivity contribution in [1.82, 2.24) is 0 Å². The summed E-state index contributed by atoms with van der Waals surface area (Å²) in [7, 11) is 0. The summed E-state index contributed by atoms with van der Waals surface area (Å²) in [6.45, 7) is 12.3. The summed E-state index contributed by atoms with van der Waals surface area (Å²) in [5.74, 6) is 0.894. The summed E-state index contributed by atoms with van der Waals surface area (Å²) in [5.41, 5.74) is 1.35. The number of aliphatic hydroxyl groups excluding tert-OH is 1. The van der Waals surface area contributed by atoms with E-state index in [2.05, 4.69) is 27.7 Å². The van der Waals surface area contributed by atoms with Gasteiger partial charge in [-0.3, -0.25) is 4.79 Å². The van der Waals surface area contributed by atoms with Gasteiger partial charge >= 0.3 is 5.97 Å². The first kappa shape index (κ1) is 19.9. The van der Waals surface area contributed by atoms with Crippen LogP contribution in [0.5, 0.6) is 0 Å². The highest BCUT2D eigenvalue weighted by Crippen LogP contribution is 2.64. The summed E-state index contributed by atoms with van der Waals surface area (Å²) in [6, 6.07) is 0. The van der Waals surface area contributed by atoms with Gasteiger partial charge in [-0.05, 0) is 62.7 Å². The summed E-state index contributed by atoms with van der Waals surface area (Å²) in [6.07, 6.45) is 3.84. The zero-order chi connectivity index (χ0) is 19.5. The maximum Gasteiger partial charge on any atom is 0.302 e. The standard InChI is InChI=1S/C22H36O4/c1-13(2)15-7-8-16-17-11-18(24)22(6,25)10-9-20(17,4)19(26-14(3)23)12-21(15,16)5/h13,15,18-19,24-25H,7-12H2,1-6H3/t15-,18+,19+,20+,21-,22-/m1/s1. The van der Waals surface area contributed by atoms with Crippen LogP contribution in [-0.2, 0) is 9.53 Å². The lowest BCUT2D eigenvalue weighted by atomic mass is 9.56. The molecule has 0 aromatic heterocycles. The van der Waals surface area contributed by atoms with Crippen LogP contribution >= 0.6 is 0 Å². The Hall–Kier alpha value is -0.870. The maximum absolute atomic E-state index is 11.9. The van der Waals surface area contributed by atoms with E-state index >= 15 is 0 Å². The molecule has 0 heterocycles. The molecule has 26 heavy (non-hydrogen) atoms. The van der Waals surface area contributed by atoms with Gasteiger partial charge in [0.2, 0.25) is 0 Å². The second-order valence-electron chi connectivity index (χ2n) is 10.1. The van der Waals surface area contributed by atoms with E-state index < -0.39 is 11.7 Å². The zero-order valence-electron chi connectivity index (χ0n) is 17.3. The molecule has 0 aromatic carbocycles. The molecule has 2 N–H and O–H groups in total. The molecule has 0 saturated heterocycles. The van der Waals surface area contributed by atoms with Crippen molar-refractivity contribution in [3.05, 3.63) is 11.1 Å². The normalized spacial score (nSPS) is 46.0. The Balaban J connectivity index is 2.15. The lowest BCUT2D eigenvalue weighted by molar-refractivity contribution is -0.156. The molecule has 2 saturated carbocycles. The van der Waals surface area contributed by atoms with E-state index in [1.807, 2.05) is 0 Å². The average Bonchev–Trinajstić information content (AvgIpc) is 2.81. The molecule has 4 nitrogen and oxygen atoms in total. The number of hydrogen-bond donors (Lipinski definition) is 2. The molecule has 3 aliphatic carbocycles. The average molecular weight is 365 g/mol. The number of allylic oxidation sites excluding steroid dienone is 1. The van der Waals surface area contributed by atoms with Gasteiger partial charge in [0.15, 0.2) is 0 Å². The molecule has 0 amide bonds. The minimum absolute atomic E-state index is 0.0129. The van der Waals surface area contributed by atoms with Crippen molar-refractivity contribution in [1.29, 1.82) is 0 Å². The highest BCUT2D eigenvalue weighted by Gasteiger charge is 2.58. The Kier molecular flexibility index (Phi) is 4.85. The van der Waals surface area contributed by atoms with Crippen molar-refractivity contribution in [2.24, 2.45) is 22.7 Å². The predicted octanol–water partition coefficient (Wildman–Crippen LogP) is 3.99. The van der Waals surface area contributed by atoms with Gasteiger partial charge in [-0.25, -0.2) is 0 Å². The summed E-state index contributed by atoms with van der Waals surface area (Å²) >= 11 is 0. The smallest absolute Gasteiger partial charge is 0.302 e. The van der Waals surface area contributed by atoms with Crippen molar-refractivity contribution in [3.63, 3.8) is 0 Å². The van der Waals surface area contributed by atoms with Gasteiger partial charge in [0.1, 0.15) is 6.10 Å². The number of hydrogen-bond acceptors (Lipinski definition) is 4. The first-order chi connectivity index (χ1) is 11.9. The molecule has 0 spiro atoms. The van der Waals surface area contributed by atoms with Crippen LogP contribution in [0.2, 0.25) is 0 Å². The van der Waals surface area contributed by atoms with Crippen LogP contribution in [0.25, 0.3) is 0 Å². The highest BCUT2D eigenvalue weighted by molar-refractivity contribution is 5.66. The van der Waals surface area contributed by atoms with Crippen molar-refractivity contribution < 1.29 is 19.7 Å². The van der Waals surface area contributed by atoms with Crippen LogP contribution in [-0.4, -0.2) is 34.0 Å². The molecule has 3 aliphatic rings. The van der Waals surface area contributed by atoms with E-state index in [4.69, 9.17) is 4.74 Å². The molecule has 2 fully saturated rings. The van der Waals surface area contributed by atoms with Crippen molar-refractivity contribution >= 4 is 5.97 Å². The van der Waals surface area contributed by atoms with Crippen molar-refractivity contribution in [3.8, 4) is 0 Å². The molecule has 3 rings (SSSR count). The zero-order valence-corrected chi connectivity index (χ0v) is 17.3. The quantitative estimate of drug-likeness (QED) is 0.574. The Morgan fingerprint density at radius 1 is 1.15 bits per heavy atom. The largest absolute Gasteiger partial charge is 0.462 e. The van der Waals surface area contributed by atoms with Crippen molar-refractivity contribution in [2.75, 3.05) is 0 Å². The van der Waals surface area contributed by atoms with Crippen LogP contribution in [0.15, 0.2) is 11.1 Å². The number of aliphatic hydroxyl groups is 2. The van der Waals surface area contributed by atoms with E-state index in [0.717, 1.165) is 25.7 Å². The number of esters is 1. The number of ether oxygens (including phenoxy) is 1. The molecule has 0 aliphatic heterocycles. The van der Waals surface area contributed by atoms with E-state index in [1.165, 1.54) is 18.1 Å². The SMILES string of the molecule is CC(=O)O[C@H]1C[C@@]2(C)C(=C3C[C@H](O)[C@](C)(O)CC[C@@]31C)CC[C@@H]2C(C)C. The van der Waals surface area contributed by atoms with E-state index in [-0.39, 0.29) is 22.9 Å². The first-order valence-electron chi connectivity index (χ1n) is 10.2. The van der Waals surface area contributed by atoms with Crippen LogP contribution < -0.4 is 0 Å². The van der Waals surface area contributed by atoms with Crippen LogP contribution in [0.1, 0.15) is 80.1 Å². The fourth-order valence-corrected chi connectivity index (χ4v) is 6.25. The van der Waals surface area contributed by atoms with Crippen LogP contribution in [0, 0.1) is 22.7 Å².